The van der Waals surface area contributed by atoms with Gasteiger partial charge < -0.3 is 4.90 Å². The van der Waals surface area contributed by atoms with Crippen LogP contribution >= 0.6 is 0 Å². The minimum atomic E-state index is -3.82. The highest BCUT2D eigenvalue weighted by molar-refractivity contribution is 7.89. The number of hydrogen-bond donors (Lipinski definition) is 1. The summed E-state index contributed by atoms with van der Waals surface area (Å²) in [7, 11) is -3.49. The summed E-state index contributed by atoms with van der Waals surface area (Å²) >= 11 is 0. The summed E-state index contributed by atoms with van der Waals surface area (Å²) in [5.41, 5.74) is 0. The molecule has 0 bridgehead atoms. The average Bonchev–Trinajstić information content (AvgIpc) is 2.86. The molecule has 1 atom stereocenters. The maximum Gasteiger partial charge on any atom is 0.243 e. The summed E-state index contributed by atoms with van der Waals surface area (Å²) in [5.74, 6) is 0.313. The molecule has 0 amide bonds. The molecule has 0 unspecified atom stereocenters. The van der Waals surface area contributed by atoms with Crippen molar-refractivity contribution in [2.24, 2.45) is 11.1 Å². The Morgan fingerprint density at radius 1 is 1.14 bits per heavy atom. The lowest BCUT2D eigenvalue weighted by molar-refractivity contribution is 0.329. The van der Waals surface area contributed by atoms with E-state index in [1.54, 1.807) is 0 Å². The van der Waals surface area contributed by atoms with Crippen LogP contribution in [-0.4, -0.2) is 59.8 Å². The largest absolute Gasteiger partial charge is 0.309 e. The van der Waals surface area contributed by atoms with Crippen molar-refractivity contribution in [2.75, 3.05) is 33.7 Å². The van der Waals surface area contributed by atoms with Crippen LogP contribution in [0.25, 0.3) is 0 Å². The fourth-order valence-corrected chi connectivity index (χ4v) is 4.68. The van der Waals surface area contributed by atoms with Crippen LogP contribution in [0.15, 0.2) is 34.1 Å². The van der Waals surface area contributed by atoms with Crippen molar-refractivity contribution in [3.8, 4) is 0 Å². The lowest BCUT2D eigenvalue weighted by atomic mass is 10.1. The average molecular weight is 347 g/mol. The van der Waals surface area contributed by atoms with Crippen molar-refractivity contribution in [1.29, 1.82) is 0 Å². The van der Waals surface area contributed by atoms with Crippen LogP contribution in [0, 0.1) is 5.92 Å². The van der Waals surface area contributed by atoms with Crippen molar-refractivity contribution in [2.45, 2.75) is 16.2 Å². The molecule has 0 saturated carbocycles. The molecule has 1 aromatic rings. The first-order valence-electron chi connectivity index (χ1n) is 6.88. The normalized spacial score (nSPS) is 20.6. The Balaban J connectivity index is 2.18. The van der Waals surface area contributed by atoms with Gasteiger partial charge in [-0.05, 0) is 50.7 Å². The summed E-state index contributed by atoms with van der Waals surface area (Å²) in [5, 5.41) is 5.01. The van der Waals surface area contributed by atoms with Crippen LogP contribution in [0.3, 0.4) is 0 Å². The second-order valence-electron chi connectivity index (χ2n) is 5.80. The minimum absolute atomic E-state index is 0.0883. The molecule has 1 aromatic carbocycles. The highest BCUT2D eigenvalue weighted by Gasteiger charge is 2.32. The van der Waals surface area contributed by atoms with Crippen molar-refractivity contribution in [3.05, 3.63) is 24.3 Å². The Morgan fingerprint density at radius 2 is 1.68 bits per heavy atom. The van der Waals surface area contributed by atoms with Crippen molar-refractivity contribution >= 4 is 20.0 Å². The monoisotopic (exact) mass is 347 g/mol. The maximum absolute atomic E-state index is 12.6. The standard InChI is InChI=1S/C13H21N3O4S2/c1-15(2)9-11-7-8-16(10-11)22(19,20)13-5-3-12(4-6-13)21(14,17)18/h3-6,11H,7-10H2,1-2H3,(H2,14,17,18)/t11-/m1/s1. The van der Waals surface area contributed by atoms with Crippen LogP contribution < -0.4 is 5.14 Å². The highest BCUT2D eigenvalue weighted by atomic mass is 32.2. The molecule has 1 heterocycles. The lowest BCUT2D eigenvalue weighted by Crippen LogP contribution is -2.30. The predicted octanol–water partition coefficient (Wildman–Crippen LogP) is -0.0938. The van der Waals surface area contributed by atoms with Gasteiger partial charge >= 0.3 is 0 Å². The van der Waals surface area contributed by atoms with Gasteiger partial charge in [-0.15, -0.1) is 0 Å². The fraction of sp³-hybridized carbons (Fsp3) is 0.538. The molecule has 2 rings (SSSR count). The third-order valence-electron chi connectivity index (χ3n) is 3.66. The van der Waals surface area contributed by atoms with E-state index in [4.69, 9.17) is 5.14 Å². The number of primary sulfonamides is 1. The topological polar surface area (TPSA) is 101 Å². The van der Waals surface area contributed by atoms with E-state index < -0.39 is 20.0 Å². The van der Waals surface area contributed by atoms with Gasteiger partial charge in [-0.2, -0.15) is 4.31 Å². The van der Waals surface area contributed by atoms with Gasteiger partial charge in [0.15, 0.2) is 0 Å². The Labute approximate surface area is 131 Å². The molecule has 0 spiro atoms. The summed E-state index contributed by atoms with van der Waals surface area (Å²) in [6.45, 7) is 1.81. The molecule has 1 aliphatic heterocycles. The number of rotatable bonds is 5. The van der Waals surface area contributed by atoms with E-state index in [0.717, 1.165) is 13.0 Å². The smallest absolute Gasteiger partial charge is 0.243 e. The summed E-state index contributed by atoms with van der Waals surface area (Å²) < 4.78 is 49.0. The van der Waals surface area contributed by atoms with E-state index in [1.165, 1.54) is 28.6 Å². The van der Waals surface area contributed by atoms with Gasteiger partial charge in [0.05, 0.1) is 9.79 Å². The van der Waals surface area contributed by atoms with Crippen LogP contribution in [0.2, 0.25) is 0 Å². The molecule has 1 fully saturated rings. The van der Waals surface area contributed by atoms with Crippen molar-refractivity contribution in [3.63, 3.8) is 0 Å². The number of sulfonamides is 2. The first-order valence-corrected chi connectivity index (χ1v) is 9.87. The molecular formula is C13H21N3O4S2. The second-order valence-corrected chi connectivity index (χ2v) is 9.30. The molecule has 22 heavy (non-hydrogen) atoms. The number of hydrogen-bond acceptors (Lipinski definition) is 5. The molecule has 0 aliphatic carbocycles. The number of nitrogens with two attached hydrogens (primary N) is 1. The second kappa shape index (κ2) is 6.25. The van der Waals surface area contributed by atoms with Gasteiger partial charge in [-0.3, -0.25) is 0 Å². The lowest BCUT2D eigenvalue weighted by Gasteiger charge is -2.18. The Hall–Kier alpha value is -1.00. The molecule has 0 aromatic heterocycles. The molecule has 124 valence electrons. The molecule has 1 aliphatic rings. The zero-order valence-corrected chi connectivity index (χ0v) is 14.3. The number of benzene rings is 1. The van der Waals surface area contributed by atoms with E-state index in [-0.39, 0.29) is 9.79 Å². The fourth-order valence-electron chi connectivity index (χ4n) is 2.63. The first kappa shape index (κ1) is 17.4. The summed E-state index contributed by atoms with van der Waals surface area (Å²) in [4.78, 5) is 2.03. The van der Waals surface area contributed by atoms with Crippen LogP contribution in [0.5, 0.6) is 0 Å². The van der Waals surface area contributed by atoms with E-state index in [9.17, 15) is 16.8 Å². The SMILES string of the molecule is CN(C)C[C@H]1CCN(S(=O)(=O)c2ccc(S(N)(=O)=O)cc2)C1. The van der Waals surface area contributed by atoms with Gasteiger partial charge in [0.1, 0.15) is 0 Å². The van der Waals surface area contributed by atoms with Gasteiger partial charge in [0.2, 0.25) is 20.0 Å². The van der Waals surface area contributed by atoms with E-state index >= 15 is 0 Å². The molecule has 1 saturated heterocycles. The molecule has 2 N–H and O–H groups in total. The van der Waals surface area contributed by atoms with Gasteiger partial charge in [0.25, 0.3) is 0 Å². The maximum atomic E-state index is 12.6. The minimum Gasteiger partial charge on any atom is -0.309 e. The van der Waals surface area contributed by atoms with Crippen molar-refractivity contribution in [1.82, 2.24) is 9.21 Å². The molecule has 0 radical (unpaired) electrons. The predicted molar refractivity (Wildman–Crippen MR) is 83.2 cm³/mol. The Bertz CT molecular complexity index is 727. The highest BCUT2D eigenvalue weighted by Crippen LogP contribution is 2.25. The zero-order valence-electron chi connectivity index (χ0n) is 12.6. The van der Waals surface area contributed by atoms with Crippen LogP contribution in [0.1, 0.15) is 6.42 Å². The Morgan fingerprint density at radius 3 is 2.18 bits per heavy atom. The zero-order chi connectivity index (χ0) is 16.5. The first-order chi connectivity index (χ1) is 10.1. The van der Waals surface area contributed by atoms with Crippen molar-refractivity contribution < 1.29 is 16.8 Å². The van der Waals surface area contributed by atoms with E-state index in [2.05, 4.69) is 0 Å². The van der Waals surface area contributed by atoms with Crippen LogP contribution in [-0.2, 0) is 20.0 Å². The van der Waals surface area contributed by atoms with E-state index in [1.807, 2.05) is 19.0 Å². The third kappa shape index (κ3) is 3.85. The number of nitrogens with zero attached hydrogens (tertiary/aromatic N) is 2. The summed E-state index contributed by atoms with van der Waals surface area (Å²) in [6.07, 6.45) is 0.826. The Kier molecular flexibility index (Phi) is 4.93. The quantitative estimate of drug-likeness (QED) is 0.802. The third-order valence-corrected chi connectivity index (χ3v) is 6.47. The molecule has 9 heteroatoms. The molecule has 7 nitrogen and oxygen atoms in total. The van der Waals surface area contributed by atoms with Gasteiger partial charge in [0, 0.05) is 19.6 Å². The van der Waals surface area contributed by atoms with Gasteiger partial charge in [-0.25, -0.2) is 22.0 Å². The van der Waals surface area contributed by atoms with Crippen LogP contribution in [0.4, 0.5) is 0 Å². The molecular weight excluding hydrogens is 326 g/mol. The summed E-state index contributed by atoms with van der Waals surface area (Å²) in [6, 6.07) is 5.01. The van der Waals surface area contributed by atoms with Gasteiger partial charge in [-0.1, -0.05) is 0 Å². The van der Waals surface area contributed by atoms with E-state index in [0.29, 0.717) is 19.0 Å².